The molecule has 1 amide bonds. The molecule has 2 fully saturated rings. The topological polar surface area (TPSA) is 55.4 Å². The first-order chi connectivity index (χ1) is 11.7. The molecule has 1 aromatic carbocycles. The van der Waals surface area contributed by atoms with Crippen molar-refractivity contribution in [3.63, 3.8) is 0 Å². The molecule has 0 bridgehead atoms. The molecule has 3 rings (SSSR count). The van der Waals surface area contributed by atoms with E-state index in [1.807, 2.05) is 13.8 Å². The molecule has 4 nitrogen and oxygen atoms in total. The van der Waals surface area contributed by atoms with Crippen molar-refractivity contribution >= 4 is 34.9 Å². The van der Waals surface area contributed by atoms with Crippen LogP contribution in [-0.2, 0) is 14.3 Å². The zero-order chi connectivity index (χ0) is 18.4. The summed E-state index contributed by atoms with van der Waals surface area (Å²) in [7, 11) is 0. The van der Waals surface area contributed by atoms with Gasteiger partial charge in [0, 0.05) is 16.7 Å². The first-order valence-corrected chi connectivity index (χ1v) is 9.43. The monoisotopic (exact) mass is 383 g/mol. The van der Waals surface area contributed by atoms with E-state index in [9.17, 15) is 9.59 Å². The van der Waals surface area contributed by atoms with Crippen LogP contribution in [0.3, 0.4) is 0 Å². The van der Waals surface area contributed by atoms with Gasteiger partial charge in [0.05, 0.1) is 11.1 Å². The zero-order valence-corrected chi connectivity index (χ0v) is 16.3. The predicted octanol–water partition coefficient (Wildman–Crippen LogP) is 4.19. The van der Waals surface area contributed by atoms with E-state index in [1.54, 1.807) is 12.1 Å². The van der Waals surface area contributed by atoms with Gasteiger partial charge in [0.15, 0.2) is 5.78 Å². The molecule has 1 saturated heterocycles. The van der Waals surface area contributed by atoms with E-state index in [2.05, 4.69) is 12.2 Å². The molecule has 6 heteroatoms. The minimum atomic E-state index is -0.860. The fourth-order valence-corrected chi connectivity index (χ4v) is 4.88. The Bertz CT molecular complexity index is 700. The Kier molecular flexibility index (Phi) is 4.91. The van der Waals surface area contributed by atoms with Crippen molar-refractivity contribution in [2.75, 3.05) is 6.61 Å². The molecule has 2 aliphatic rings. The third-order valence-electron chi connectivity index (χ3n) is 5.60. The van der Waals surface area contributed by atoms with Gasteiger partial charge in [-0.05, 0) is 69.7 Å². The summed E-state index contributed by atoms with van der Waals surface area (Å²) >= 11 is 12.3. The quantitative estimate of drug-likeness (QED) is 0.795. The maximum atomic E-state index is 13.2. The number of benzene rings is 1. The number of rotatable bonds is 3. The molecule has 1 heterocycles. The lowest BCUT2D eigenvalue weighted by atomic mass is 9.71. The number of carbonyl (C=O) groups excluding carboxylic acids is 2. The highest BCUT2D eigenvalue weighted by Gasteiger charge is 2.56. The average molecular weight is 384 g/mol. The first kappa shape index (κ1) is 18.7. The van der Waals surface area contributed by atoms with Gasteiger partial charge in [-0.1, -0.05) is 23.2 Å². The molecule has 136 valence electrons. The predicted molar refractivity (Wildman–Crippen MR) is 98.3 cm³/mol. The highest BCUT2D eigenvalue weighted by molar-refractivity contribution is 6.36. The van der Waals surface area contributed by atoms with Gasteiger partial charge in [-0.2, -0.15) is 0 Å². The number of halogens is 2. The van der Waals surface area contributed by atoms with E-state index in [-0.39, 0.29) is 17.3 Å². The Morgan fingerprint density at radius 3 is 2.40 bits per heavy atom. The largest absolute Gasteiger partial charge is 0.376 e. The maximum Gasteiger partial charge on any atom is 0.236 e. The summed E-state index contributed by atoms with van der Waals surface area (Å²) in [6.45, 7) is 6.51. The van der Waals surface area contributed by atoms with Crippen LogP contribution in [0.2, 0.25) is 10.0 Å². The van der Waals surface area contributed by atoms with Crippen LogP contribution in [-0.4, -0.2) is 29.4 Å². The minimum absolute atomic E-state index is 0.0802. The number of hydrogen-bond acceptors (Lipinski definition) is 3. The number of ether oxygens (including phenoxy) is 1. The number of Topliss-reactive ketones (excluding diaryl/α,β-unsaturated/α-hetero) is 1. The van der Waals surface area contributed by atoms with Crippen molar-refractivity contribution in [2.45, 2.75) is 63.5 Å². The van der Waals surface area contributed by atoms with E-state index < -0.39 is 11.5 Å². The number of nitrogens with one attached hydrogen (secondary N) is 1. The average Bonchev–Trinajstić information content (AvgIpc) is 2.75. The second-order valence-corrected chi connectivity index (χ2v) is 8.21. The summed E-state index contributed by atoms with van der Waals surface area (Å²) in [6, 6.07) is 3.32. The highest BCUT2D eigenvalue weighted by atomic mass is 35.5. The maximum absolute atomic E-state index is 13.2. The summed E-state index contributed by atoms with van der Waals surface area (Å²) in [5.74, 6) is -1.21. The third kappa shape index (κ3) is 3.20. The number of aryl methyl sites for hydroxylation is 1. The van der Waals surface area contributed by atoms with E-state index in [4.69, 9.17) is 27.9 Å². The molecule has 1 aromatic rings. The van der Waals surface area contributed by atoms with Crippen LogP contribution in [0, 0.1) is 6.92 Å². The second kappa shape index (κ2) is 6.57. The molecule has 1 aliphatic carbocycles. The molecule has 1 N–H and O–H groups in total. The van der Waals surface area contributed by atoms with Crippen LogP contribution in [0.1, 0.15) is 56.6 Å². The lowest BCUT2D eigenvalue weighted by Crippen LogP contribution is -2.52. The first-order valence-electron chi connectivity index (χ1n) is 8.67. The van der Waals surface area contributed by atoms with Crippen LogP contribution in [0.4, 0.5) is 0 Å². The highest BCUT2D eigenvalue weighted by Crippen LogP contribution is 2.45. The summed E-state index contributed by atoms with van der Waals surface area (Å²) in [4.78, 5) is 25.9. The Morgan fingerprint density at radius 2 is 1.84 bits per heavy atom. The molecule has 0 radical (unpaired) electrons. The van der Waals surface area contributed by atoms with Crippen LogP contribution in [0.25, 0.3) is 0 Å². The number of ketones is 1. The fraction of sp³-hybridized carbons (Fsp3) is 0.579. The van der Waals surface area contributed by atoms with Crippen LogP contribution < -0.4 is 5.32 Å². The van der Waals surface area contributed by atoms with E-state index in [0.717, 1.165) is 18.4 Å². The fourth-order valence-electron chi connectivity index (χ4n) is 4.18. The van der Waals surface area contributed by atoms with Crippen molar-refractivity contribution < 1.29 is 14.3 Å². The number of hydrogen-bond donors (Lipinski definition) is 1. The van der Waals surface area contributed by atoms with Crippen LogP contribution >= 0.6 is 23.2 Å². The molecule has 1 unspecified atom stereocenters. The summed E-state index contributed by atoms with van der Waals surface area (Å²) < 4.78 is 5.84. The second-order valence-electron chi connectivity index (χ2n) is 7.37. The van der Waals surface area contributed by atoms with Crippen molar-refractivity contribution in [1.29, 1.82) is 0 Å². The lowest BCUT2D eigenvalue weighted by Gasteiger charge is -2.41. The third-order valence-corrected chi connectivity index (χ3v) is 6.13. The Balaban J connectivity index is 1.90. The van der Waals surface area contributed by atoms with E-state index in [1.165, 1.54) is 0 Å². The Labute approximate surface area is 158 Å². The van der Waals surface area contributed by atoms with Gasteiger partial charge in [-0.15, -0.1) is 0 Å². The summed E-state index contributed by atoms with van der Waals surface area (Å²) in [6.07, 6.45) is 2.67. The molecule has 1 aliphatic heterocycles. The van der Waals surface area contributed by atoms with Gasteiger partial charge in [0.1, 0.15) is 5.92 Å². The van der Waals surface area contributed by atoms with Crippen molar-refractivity contribution in [2.24, 2.45) is 0 Å². The van der Waals surface area contributed by atoms with Gasteiger partial charge in [0.25, 0.3) is 0 Å². The van der Waals surface area contributed by atoms with Gasteiger partial charge in [0.2, 0.25) is 5.91 Å². The minimum Gasteiger partial charge on any atom is -0.376 e. The van der Waals surface area contributed by atoms with Crippen LogP contribution in [0.15, 0.2) is 12.1 Å². The smallest absolute Gasteiger partial charge is 0.236 e. The van der Waals surface area contributed by atoms with E-state index in [0.29, 0.717) is 35.1 Å². The zero-order valence-electron chi connectivity index (χ0n) is 14.7. The molecule has 25 heavy (non-hydrogen) atoms. The molecule has 1 spiro atoms. The summed E-state index contributed by atoms with van der Waals surface area (Å²) in [5, 5.41) is 3.84. The van der Waals surface area contributed by atoms with Crippen molar-refractivity contribution in [1.82, 2.24) is 5.32 Å². The van der Waals surface area contributed by atoms with Gasteiger partial charge >= 0.3 is 0 Å². The molecule has 1 atom stereocenters. The standard InChI is InChI=1S/C19H23Cl2NO3/c1-4-25-18(3)5-7-19(8-6-18)16(23)15(17(24)22-19)14-11(2)9-12(20)10-13(14)21/h9-10,15H,4-8H2,1-3H3,(H,22,24). The lowest BCUT2D eigenvalue weighted by molar-refractivity contribution is -0.128. The molecule has 0 aromatic heterocycles. The van der Waals surface area contributed by atoms with Crippen LogP contribution in [0.5, 0.6) is 0 Å². The van der Waals surface area contributed by atoms with Gasteiger partial charge in [-0.25, -0.2) is 0 Å². The summed E-state index contributed by atoms with van der Waals surface area (Å²) in [5.41, 5.74) is 0.312. The Hall–Kier alpha value is -1.10. The van der Waals surface area contributed by atoms with Crippen molar-refractivity contribution in [3.8, 4) is 0 Å². The van der Waals surface area contributed by atoms with Gasteiger partial charge in [-0.3, -0.25) is 9.59 Å². The molecular formula is C19H23Cl2NO3. The Morgan fingerprint density at radius 1 is 1.20 bits per heavy atom. The normalized spacial score (nSPS) is 32.3. The van der Waals surface area contributed by atoms with E-state index >= 15 is 0 Å². The van der Waals surface area contributed by atoms with Crippen molar-refractivity contribution in [3.05, 3.63) is 33.3 Å². The SMILES string of the molecule is CCOC1(C)CCC2(CC1)NC(=O)C(c1c(C)cc(Cl)cc1Cl)C2=O. The number of carbonyl (C=O) groups is 2. The molecular weight excluding hydrogens is 361 g/mol. The number of amides is 1. The van der Waals surface area contributed by atoms with Gasteiger partial charge < -0.3 is 10.1 Å². The molecule has 1 saturated carbocycles.